The second-order valence-corrected chi connectivity index (χ2v) is 7.33. The van der Waals surface area contributed by atoms with Crippen LogP contribution in [0.15, 0.2) is 23.2 Å². The van der Waals surface area contributed by atoms with E-state index in [1.54, 1.807) is 14.2 Å². The summed E-state index contributed by atoms with van der Waals surface area (Å²) in [5.74, 6) is 2.48. The first-order chi connectivity index (χ1) is 13.0. The molecule has 0 aromatic heterocycles. The van der Waals surface area contributed by atoms with Crippen molar-refractivity contribution in [1.82, 2.24) is 15.5 Å². The van der Waals surface area contributed by atoms with Crippen LogP contribution < -0.4 is 15.4 Å². The molecule has 0 saturated carbocycles. The molecule has 0 radical (unpaired) electrons. The second-order valence-electron chi connectivity index (χ2n) is 7.33. The van der Waals surface area contributed by atoms with Gasteiger partial charge in [-0.3, -0.25) is 9.79 Å². The zero-order chi connectivity index (χ0) is 19.6. The standard InChI is InChI=1S/C21H34N4O2/c1-16-7-8-19(27-4)18(14-16)9-11-23-21(22-3)24-12-10-20(26)25-13-5-6-17(2)15-25/h7-8,14,17H,5-6,9-13,15H2,1-4H3,(H2,22,23,24). The van der Waals surface area contributed by atoms with Crippen LogP contribution in [-0.2, 0) is 11.2 Å². The largest absolute Gasteiger partial charge is 0.496 e. The lowest BCUT2D eigenvalue weighted by molar-refractivity contribution is -0.132. The van der Waals surface area contributed by atoms with E-state index in [9.17, 15) is 4.79 Å². The van der Waals surface area contributed by atoms with Crippen LogP contribution in [0.3, 0.4) is 0 Å². The summed E-state index contributed by atoms with van der Waals surface area (Å²) < 4.78 is 5.42. The molecule has 2 N–H and O–H groups in total. The monoisotopic (exact) mass is 374 g/mol. The van der Waals surface area contributed by atoms with E-state index >= 15 is 0 Å². The van der Waals surface area contributed by atoms with E-state index in [1.165, 1.54) is 17.5 Å². The van der Waals surface area contributed by atoms with Gasteiger partial charge in [0.05, 0.1) is 7.11 Å². The zero-order valence-corrected chi connectivity index (χ0v) is 17.2. The quantitative estimate of drug-likeness (QED) is 0.568. The van der Waals surface area contributed by atoms with Gasteiger partial charge in [-0.15, -0.1) is 0 Å². The Morgan fingerprint density at radius 1 is 1.33 bits per heavy atom. The SMILES string of the molecule is CN=C(NCCC(=O)N1CCCC(C)C1)NCCc1cc(C)ccc1OC. The second kappa shape index (κ2) is 10.8. The van der Waals surface area contributed by atoms with Crippen LogP contribution in [0.4, 0.5) is 0 Å². The normalized spacial score (nSPS) is 17.6. The van der Waals surface area contributed by atoms with E-state index in [4.69, 9.17) is 4.74 Å². The molecule has 1 amide bonds. The van der Waals surface area contributed by atoms with E-state index in [2.05, 4.69) is 41.6 Å². The van der Waals surface area contributed by atoms with Gasteiger partial charge in [-0.2, -0.15) is 0 Å². The molecule has 27 heavy (non-hydrogen) atoms. The number of carbonyl (C=O) groups excluding carboxylic acids is 1. The topological polar surface area (TPSA) is 66.0 Å². The summed E-state index contributed by atoms with van der Waals surface area (Å²) >= 11 is 0. The number of guanidine groups is 1. The van der Waals surface area contributed by atoms with Gasteiger partial charge in [-0.05, 0) is 43.7 Å². The van der Waals surface area contributed by atoms with Crippen LogP contribution in [0, 0.1) is 12.8 Å². The Kier molecular flexibility index (Phi) is 8.43. The molecule has 1 fully saturated rings. The summed E-state index contributed by atoms with van der Waals surface area (Å²) in [5.41, 5.74) is 2.40. The van der Waals surface area contributed by atoms with Gasteiger partial charge in [0.15, 0.2) is 5.96 Å². The number of carbonyl (C=O) groups is 1. The van der Waals surface area contributed by atoms with Crippen molar-refractivity contribution in [3.8, 4) is 5.75 Å². The van der Waals surface area contributed by atoms with Crippen molar-refractivity contribution in [2.24, 2.45) is 10.9 Å². The minimum absolute atomic E-state index is 0.231. The van der Waals surface area contributed by atoms with Gasteiger partial charge in [0, 0.05) is 39.6 Å². The van der Waals surface area contributed by atoms with Crippen LogP contribution in [0.25, 0.3) is 0 Å². The third kappa shape index (κ3) is 6.77. The van der Waals surface area contributed by atoms with Gasteiger partial charge in [-0.1, -0.05) is 24.6 Å². The molecular formula is C21H34N4O2. The summed E-state index contributed by atoms with van der Waals surface area (Å²) in [6, 6.07) is 6.20. The highest BCUT2D eigenvalue weighted by Gasteiger charge is 2.20. The number of methoxy groups -OCH3 is 1. The Morgan fingerprint density at radius 3 is 2.81 bits per heavy atom. The van der Waals surface area contributed by atoms with Gasteiger partial charge in [-0.25, -0.2) is 0 Å². The minimum atomic E-state index is 0.231. The number of ether oxygens (including phenoxy) is 1. The van der Waals surface area contributed by atoms with Crippen molar-refractivity contribution >= 4 is 11.9 Å². The number of aliphatic imine (C=N–C) groups is 1. The number of hydrogen-bond donors (Lipinski definition) is 2. The fourth-order valence-electron chi connectivity index (χ4n) is 3.50. The highest BCUT2D eigenvalue weighted by atomic mass is 16.5. The van der Waals surface area contributed by atoms with Crippen LogP contribution in [0.5, 0.6) is 5.75 Å². The lowest BCUT2D eigenvalue weighted by Crippen LogP contribution is -2.42. The third-order valence-electron chi connectivity index (χ3n) is 4.99. The van der Waals surface area contributed by atoms with Crippen molar-refractivity contribution in [3.05, 3.63) is 29.3 Å². The molecule has 1 unspecified atom stereocenters. The Hall–Kier alpha value is -2.24. The fraction of sp³-hybridized carbons (Fsp3) is 0.619. The van der Waals surface area contributed by atoms with Gasteiger partial charge >= 0.3 is 0 Å². The molecular weight excluding hydrogens is 340 g/mol. The molecule has 1 saturated heterocycles. The summed E-state index contributed by atoms with van der Waals surface area (Å²) in [6.45, 7) is 7.43. The smallest absolute Gasteiger partial charge is 0.224 e. The summed E-state index contributed by atoms with van der Waals surface area (Å²) in [5, 5.41) is 6.54. The Labute approximate surface area is 163 Å². The van der Waals surface area contributed by atoms with Crippen molar-refractivity contribution in [2.75, 3.05) is 40.3 Å². The molecule has 6 heteroatoms. The molecule has 1 aliphatic heterocycles. The van der Waals surface area contributed by atoms with Crippen LogP contribution in [0.2, 0.25) is 0 Å². The van der Waals surface area contributed by atoms with Gasteiger partial charge < -0.3 is 20.3 Å². The van der Waals surface area contributed by atoms with Crippen LogP contribution >= 0.6 is 0 Å². The predicted molar refractivity (Wildman–Crippen MR) is 110 cm³/mol. The molecule has 1 heterocycles. The molecule has 6 nitrogen and oxygen atoms in total. The Bertz CT molecular complexity index is 645. The number of benzene rings is 1. The number of rotatable bonds is 7. The molecule has 1 atom stereocenters. The summed E-state index contributed by atoms with van der Waals surface area (Å²) in [6.07, 6.45) is 3.69. The van der Waals surface area contributed by atoms with Gasteiger partial charge in [0.1, 0.15) is 5.75 Å². The third-order valence-corrected chi connectivity index (χ3v) is 4.99. The maximum absolute atomic E-state index is 12.3. The molecule has 0 aliphatic carbocycles. The van der Waals surface area contributed by atoms with E-state index in [-0.39, 0.29) is 5.91 Å². The lowest BCUT2D eigenvalue weighted by Gasteiger charge is -2.31. The number of aryl methyl sites for hydroxylation is 1. The molecule has 0 bridgehead atoms. The summed E-state index contributed by atoms with van der Waals surface area (Å²) in [7, 11) is 3.44. The first-order valence-electron chi connectivity index (χ1n) is 9.89. The number of likely N-dealkylation sites (tertiary alicyclic amines) is 1. The first-order valence-corrected chi connectivity index (χ1v) is 9.89. The van der Waals surface area contributed by atoms with Crippen LogP contribution in [0.1, 0.15) is 37.3 Å². The molecule has 1 aromatic carbocycles. The molecule has 0 spiro atoms. The molecule has 1 aliphatic rings. The molecule has 1 aromatic rings. The number of nitrogens with one attached hydrogen (secondary N) is 2. The summed E-state index contributed by atoms with van der Waals surface area (Å²) in [4.78, 5) is 18.6. The number of nitrogens with zero attached hydrogens (tertiary/aromatic N) is 2. The number of piperidine rings is 1. The van der Waals surface area contributed by atoms with Crippen molar-refractivity contribution in [2.45, 2.75) is 39.5 Å². The van der Waals surface area contributed by atoms with Crippen molar-refractivity contribution in [3.63, 3.8) is 0 Å². The maximum atomic E-state index is 12.3. The average molecular weight is 375 g/mol. The first kappa shape index (κ1) is 21.1. The highest BCUT2D eigenvalue weighted by molar-refractivity contribution is 5.81. The van der Waals surface area contributed by atoms with E-state index in [1.807, 2.05) is 11.0 Å². The maximum Gasteiger partial charge on any atom is 0.224 e. The molecule has 150 valence electrons. The van der Waals surface area contributed by atoms with Crippen molar-refractivity contribution < 1.29 is 9.53 Å². The fourth-order valence-corrected chi connectivity index (χ4v) is 3.50. The Morgan fingerprint density at radius 2 is 2.11 bits per heavy atom. The van der Waals surface area contributed by atoms with E-state index in [0.29, 0.717) is 18.9 Å². The Balaban J connectivity index is 1.71. The zero-order valence-electron chi connectivity index (χ0n) is 17.2. The number of hydrogen-bond acceptors (Lipinski definition) is 3. The van der Waals surface area contributed by atoms with Gasteiger partial charge in [0.2, 0.25) is 5.91 Å². The average Bonchev–Trinajstić information content (AvgIpc) is 2.66. The predicted octanol–water partition coefficient (Wildman–Crippen LogP) is 2.36. The molecule has 2 rings (SSSR count). The van der Waals surface area contributed by atoms with Crippen LogP contribution in [-0.4, -0.2) is 57.1 Å². The minimum Gasteiger partial charge on any atom is -0.496 e. The van der Waals surface area contributed by atoms with Gasteiger partial charge in [0.25, 0.3) is 0 Å². The lowest BCUT2D eigenvalue weighted by atomic mass is 10.00. The number of amides is 1. The van der Waals surface area contributed by atoms with Crippen molar-refractivity contribution in [1.29, 1.82) is 0 Å². The highest BCUT2D eigenvalue weighted by Crippen LogP contribution is 2.19. The van der Waals surface area contributed by atoms with E-state index in [0.717, 1.165) is 44.2 Å². The van der Waals surface area contributed by atoms with E-state index < -0.39 is 0 Å².